The number of carbonyl (C=O) groups is 1. The molecule has 0 aliphatic carbocycles. The molecule has 0 bridgehead atoms. The number of aromatic nitrogens is 1. The number of amides is 1. The summed E-state index contributed by atoms with van der Waals surface area (Å²) in [4.78, 5) is 11.2. The van der Waals surface area contributed by atoms with E-state index in [1.165, 1.54) is 12.4 Å². The van der Waals surface area contributed by atoms with Gasteiger partial charge in [-0.3, -0.25) is 4.57 Å². The molecule has 0 radical (unpaired) electrons. The first-order chi connectivity index (χ1) is 6.92. The van der Waals surface area contributed by atoms with Gasteiger partial charge in [-0.25, -0.2) is 4.79 Å². The smallest absolute Gasteiger partial charge is 0.328 e. The zero-order valence-electron chi connectivity index (χ0n) is 8.14. The zero-order valence-corrected chi connectivity index (χ0v) is 8.14. The lowest BCUT2D eigenvalue weighted by molar-refractivity contribution is -0.122. The van der Waals surface area contributed by atoms with E-state index in [2.05, 4.69) is 0 Å². The maximum atomic E-state index is 11.8. The molecule has 15 heavy (non-hydrogen) atoms. The Morgan fingerprint density at radius 3 is 2.67 bits per heavy atom. The summed E-state index contributed by atoms with van der Waals surface area (Å²) in [6.45, 7) is 0.582. The second kappa shape index (κ2) is 4.37. The maximum absolute atomic E-state index is 11.8. The van der Waals surface area contributed by atoms with E-state index in [0.29, 0.717) is 0 Å². The summed E-state index contributed by atoms with van der Waals surface area (Å²) in [5.74, 6) is 0. The zero-order chi connectivity index (χ0) is 11.5. The fraction of sp³-hybridized carbons (Fsp3) is 0.444. The van der Waals surface area contributed by atoms with Crippen molar-refractivity contribution >= 4 is 6.03 Å². The van der Waals surface area contributed by atoms with Gasteiger partial charge in [0.1, 0.15) is 6.54 Å². The number of halogens is 3. The van der Waals surface area contributed by atoms with Crippen molar-refractivity contribution in [1.82, 2.24) is 9.88 Å². The van der Waals surface area contributed by atoms with Crippen LogP contribution < -0.4 is 5.32 Å². The van der Waals surface area contributed by atoms with Crippen molar-refractivity contribution in [1.29, 1.82) is 0 Å². The highest BCUT2D eigenvalue weighted by Gasteiger charge is 2.27. The molecule has 1 aromatic rings. The SMILES string of the molecule is CCc1ccn(C(=O)NCC(F)(F)F)c1. The monoisotopic (exact) mass is 220 g/mol. The molecule has 6 heteroatoms. The number of rotatable bonds is 2. The predicted octanol–water partition coefficient (Wildman–Crippen LogP) is 2.17. The molecule has 0 saturated carbocycles. The molecular formula is C9H11F3N2O. The first-order valence-corrected chi connectivity index (χ1v) is 4.44. The van der Waals surface area contributed by atoms with Crippen LogP contribution in [0.4, 0.5) is 18.0 Å². The van der Waals surface area contributed by atoms with Crippen molar-refractivity contribution in [3.05, 3.63) is 24.0 Å². The van der Waals surface area contributed by atoms with E-state index in [9.17, 15) is 18.0 Å². The van der Waals surface area contributed by atoms with Gasteiger partial charge in [0.15, 0.2) is 0 Å². The van der Waals surface area contributed by atoms with Crippen LogP contribution in [-0.2, 0) is 6.42 Å². The molecule has 84 valence electrons. The largest absolute Gasteiger partial charge is 0.405 e. The topological polar surface area (TPSA) is 34.0 Å². The van der Waals surface area contributed by atoms with E-state index in [-0.39, 0.29) is 0 Å². The Balaban J connectivity index is 2.54. The maximum Gasteiger partial charge on any atom is 0.405 e. The van der Waals surface area contributed by atoms with Gasteiger partial charge in [0.2, 0.25) is 0 Å². The normalized spacial score (nSPS) is 11.5. The van der Waals surface area contributed by atoms with Gasteiger partial charge in [-0.1, -0.05) is 6.92 Å². The molecule has 0 atom stereocenters. The van der Waals surface area contributed by atoms with Crippen LogP contribution >= 0.6 is 0 Å². The third kappa shape index (κ3) is 3.65. The first kappa shape index (κ1) is 11.6. The number of alkyl halides is 3. The quantitative estimate of drug-likeness (QED) is 0.814. The van der Waals surface area contributed by atoms with Gasteiger partial charge < -0.3 is 5.32 Å². The summed E-state index contributed by atoms with van der Waals surface area (Å²) in [5.41, 5.74) is 0.900. The van der Waals surface area contributed by atoms with E-state index < -0.39 is 18.8 Å². The van der Waals surface area contributed by atoms with Crippen molar-refractivity contribution in [2.75, 3.05) is 6.54 Å². The highest BCUT2D eigenvalue weighted by molar-refractivity contribution is 5.76. The van der Waals surface area contributed by atoms with E-state index >= 15 is 0 Å². The lowest BCUT2D eigenvalue weighted by atomic mass is 10.3. The Labute approximate surface area is 84.9 Å². The van der Waals surface area contributed by atoms with Gasteiger partial charge in [0.25, 0.3) is 0 Å². The van der Waals surface area contributed by atoms with Gasteiger partial charge >= 0.3 is 12.2 Å². The van der Waals surface area contributed by atoms with Crippen molar-refractivity contribution in [2.45, 2.75) is 19.5 Å². The molecule has 0 unspecified atom stereocenters. The summed E-state index contributed by atoms with van der Waals surface area (Å²) < 4.78 is 36.4. The first-order valence-electron chi connectivity index (χ1n) is 4.44. The Morgan fingerprint density at radius 1 is 1.53 bits per heavy atom. The second-order valence-corrected chi connectivity index (χ2v) is 3.05. The fourth-order valence-corrected chi connectivity index (χ4v) is 1.04. The number of nitrogens with one attached hydrogen (secondary N) is 1. The van der Waals surface area contributed by atoms with Crippen molar-refractivity contribution < 1.29 is 18.0 Å². The average molecular weight is 220 g/mol. The summed E-state index contributed by atoms with van der Waals surface area (Å²) >= 11 is 0. The molecule has 1 N–H and O–H groups in total. The van der Waals surface area contributed by atoms with Gasteiger partial charge in [-0.15, -0.1) is 0 Å². The van der Waals surface area contributed by atoms with Crippen LogP contribution in [0.15, 0.2) is 18.5 Å². The molecular weight excluding hydrogens is 209 g/mol. The number of aryl methyl sites for hydroxylation is 1. The summed E-state index contributed by atoms with van der Waals surface area (Å²) in [7, 11) is 0. The Bertz CT molecular complexity index is 343. The number of hydrogen-bond acceptors (Lipinski definition) is 1. The van der Waals surface area contributed by atoms with Crippen molar-refractivity contribution in [3.8, 4) is 0 Å². The molecule has 0 saturated heterocycles. The van der Waals surface area contributed by atoms with Crippen LogP contribution in [0, 0.1) is 0 Å². The third-order valence-corrected chi connectivity index (χ3v) is 1.84. The molecule has 0 aromatic carbocycles. The van der Waals surface area contributed by atoms with Gasteiger partial charge in [0.05, 0.1) is 0 Å². The van der Waals surface area contributed by atoms with E-state index in [0.717, 1.165) is 16.6 Å². The molecule has 1 amide bonds. The Hall–Kier alpha value is -1.46. The van der Waals surface area contributed by atoms with E-state index in [1.54, 1.807) is 11.4 Å². The summed E-state index contributed by atoms with van der Waals surface area (Å²) in [6.07, 6.45) is -0.702. The molecule has 1 heterocycles. The lowest BCUT2D eigenvalue weighted by Gasteiger charge is -2.08. The number of hydrogen-bond donors (Lipinski definition) is 1. The molecule has 0 fully saturated rings. The van der Waals surface area contributed by atoms with Gasteiger partial charge in [-0.2, -0.15) is 13.2 Å². The summed E-state index contributed by atoms with van der Waals surface area (Å²) in [5, 5.41) is 1.78. The Morgan fingerprint density at radius 2 is 2.20 bits per heavy atom. The van der Waals surface area contributed by atoms with Crippen LogP contribution in [0.5, 0.6) is 0 Å². The van der Waals surface area contributed by atoms with Crippen LogP contribution in [0.25, 0.3) is 0 Å². The van der Waals surface area contributed by atoms with E-state index in [4.69, 9.17) is 0 Å². The predicted molar refractivity (Wildman–Crippen MR) is 48.7 cm³/mol. The van der Waals surface area contributed by atoms with Crippen LogP contribution in [0.1, 0.15) is 12.5 Å². The number of carbonyl (C=O) groups excluding carboxylic acids is 1. The summed E-state index contributed by atoms with van der Waals surface area (Å²) in [6, 6.07) is 0.916. The Kier molecular flexibility index (Phi) is 3.39. The third-order valence-electron chi connectivity index (χ3n) is 1.84. The average Bonchev–Trinajstić information content (AvgIpc) is 2.61. The minimum Gasteiger partial charge on any atom is -0.328 e. The molecule has 3 nitrogen and oxygen atoms in total. The van der Waals surface area contributed by atoms with Crippen LogP contribution in [0.2, 0.25) is 0 Å². The minimum absolute atomic E-state index is 0.736. The highest BCUT2D eigenvalue weighted by atomic mass is 19.4. The fourth-order valence-electron chi connectivity index (χ4n) is 1.04. The van der Waals surface area contributed by atoms with Crippen LogP contribution in [-0.4, -0.2) is 23.3 Å². The highest BCUT2D eigenvalue weighted by Crippen LogP contribution is 2.12. The van der Waals surface area contributed by atoms with Gasteiger partial charge in [0, 0.05) is 12.4 Å². The van der Waals surface area contributed by atoms with Crippen molar-refractivity contribution in [3.63, 3.8) is 0 Å². The standard InChI is InChI=1S/C9H11F3N2O/c1-2-7-3-4-14(5-7)8(15)13-6-9(10,11)12/h3-5H,2,6H2,1H3,(H,13,15). The van der Waals surface area contributed by atoms with E-state index in [1.807, 2.05) is 6.92 Å². The second-order valence-electron chi connectivity index (χ2n) is 3.05. The molecule has 1 rings (SSSR count). The van der Waals surface area contributed by atoms with Crippen molar-refractivity contribution in [2.24, 2.45) is 0 Å². The van der Waals surface area contributed by atoms with Crippen LogP contribution in [0.3, 0.4) is 0 Å². The molecule has 0 aliphatic heterocycles. The molecule has 1 aromatic heterocycles. The minimum atomic E-state index is -4.38. The molecule has 0 aliphatic rings. The number of nitrogens with zero attached hydrogens (tertiary/aromatic N) is 1. The lowest BCUT2D eigenvalue weighted by Crippen LogP contribution is -2.35. The van der Waals surface area contributed by atoms with Gasteiger partial charge in [-0.05, 0) is 18.1 Å². The molecule has 0 spiro atoms.